The zero-order valence-electron chi connectivity index (χ0n) is 18.4. The largest absolute Gasteiger partial charge is 0.489 e. The predicted molar refractivity (Wildman–Crippen MR) is 122 cm³/mol. The van der Waals surface area contributed by atoms with Gasteiger partial charge in [-0.1, -0.05) is 30.3 Å². The van der Waals surface area contributed by atoms with E-state index in [9.17, 15) is 4.79 Å². The van der Waals surface area contributed by atoms with Crippen LogP contribution in [0.15, 0.2) is 72.8 Å². The van der Waals surface area contributed by atoms with Crippen molar-refractivity contribution in [1.29, 1.82) is 5.26 Å². The molecule has 32 heavy (non-hydrogen) atoms. The van der Waals surface area contributed by atoms with Crippen molar-refractivity contribution in [3.05, 3.63) is 89.5 Å². The zero-order valence-corrected chi connectivity index (χ0v) is 18.4. The molecule has 1 N–H and O–H groups in total. The lowest BCUT2D eigenvalue weighted by molar-refractivity contribution is 0.0523. The van der Waals surface area contributed by atoms with Crippen molar-refractivity contribution in [1.82, 2.24) is 5.32 Å². The van der Waals surface area contributed by atoms with Crippen molar-refractivity contribution in [2.45, 2.75) is 39.5 Å². The van der Waals surface area contributed by atoms with Crippen LogP contribution in [0.1, 0.15) is 37.5 Å². The second-order valence-electron chi connectivity index (χ2n) is 8.17. The number of benzene rings is 3. The summed E-state index contributed by atoms with van der Waals surface area (Å²) in [6.45, 7) is 6.29. The third kappa shape index (κ3) is 7.37. The highest BCUT2D eigenvalue weighted by atomic mass is 16.6. The Morgan fingerprint density at radius 3 is 2.22 bits per heavy atom. The molecule has 3 rings (SSSR count). The van der Waals surface area contributed by atoms with Gasteiger partial charge in [-0.2, -0.15) is 5.26 Å². The van der Waals surface area contributed by atoms with Crippen LogP contribution in [0.2, 0.25) is 0 Å². The molecule has 0 aliphatic rings. The summed E-state index contributed by atoms with van der Waals surface area (Å²) in [7, 11) is 0. The third-order valence-electron chi connectivity index (χ3n) is 4.29. The SMILES string of the molecule is CC(C)(C)OC(=O)NCc1ccc(COc2cccc(Oc3ccc(C#N)cc3)c2)cc1. The number of nitriles is 1. The number of hydrogen-bond donors (Lipinski definition) is 1. The number of ether oxygens (including phenoxy) is 3. The summed E-state index contributed by atoms with van der Waals surface area (Å²) < 4.78 is 17.0. The van der Waals surface area contributed by atoms with Crippen molar-refractivity contribution in [2.24, 2.45) is 0 Å². The van der Waals surface area contributed by atoms with E-state index in [1.165, 1.54) is 0 Å². The van der Waals surface area contributed by atoms with Crippen molar-refractivity contribution in [3.8, 4) is 23.3 Å². The molecule has 164 valence electrons. The van der Waals surface area contributed by atoms with Crippen molar-refractivity contribution >= 4 is 6.09 Å². The quantitative estimate of drug-likeness (QED) is 0.501. The normalized spacial score (nSPS) is 10.7. The topological polar surface area (TPSA) is 80.6 Å². The first kappa shape index (κ1) is 22.7. The Morgan fingerprint density at radius 1 is 0.906 bits per heavy atom. The average molecular weight is 431 g/mol. The first-order valence-corrected chi connectivity index (χ1v) is 10.3. The van der Waals surface area contributed by atoms with Gasteiger partial charge in [0.25, 0.3) is 0 Å². The van der Waals surface area contributed by atoms with E-state index in [0.29, 0.717) is 36.0 Å². The van der Waals surface area contributed by atoms with Crippen LogP contribution in [0.25, 0.3) is 0 Å². The van der Waals surface area contributed by atoms with Crippen LogP contribution in [-0.4, -0.2) is 11.7 Å². The van der Waals surface area contributed by atoms with E-state index in [0.717, 1.165) is 11.1 Å². The molecule has 0 bridgehead atoms. The Hall–Kier alpha value is -3.98. The van der Waals surface area contributed by atoms with E-state index in [1.807, 2.05) is 69.3 Å². The van der Waals surface area contributed by atoms with Crippen LogP contribution in [0.5, 0.6) is 17.2 Å². The van der Waals surface area contributed by atoms with E-state index in [2.05, 4.69) is 11.4 Å². The molecule has 0 unspecified atom stereocenters. The predicted octanol–water partition coefficient (Wildman–Crippen LogP) is 5.95. The molecule has 1 amide bonds. The molecular weight excluding hydrogens is 404 g/mol. The molecule has 0 heterocycles. The minimum Gasteiger partial charge on any atom is -0.489 e. The van der Waals surface area contributed by atoms with Gasteiger partial charge in [0.15, 0.2) is 0 Å². The maximum atomic E-state index is 11.8. The Bertz CT molecular complexity index is 1080. The average Bonchev–Trinajstić information content (AvgIpc) is 2.77. The van der Waals surface area contributed by atoms with Gasteiger partial charge in [0.2, 0.25) is 0 Å². The molecule has 0 aliphatic heterocycles. The molecule has 0 fully saturated rings. The highest BCUT2D eigenvalue weighted by Gasteiger charge is 2.15. The Morgan fingerprint density at radius 2 is 1.56 bits per heavy atom. The van der Waals surface area contributed by atoms with Gasteiger partial charge in [0.1, 0.15) is 29.5 Å². The van der Waals surface area contributed by atoms with E-state index in [1.54, 1.807) is 24.3 Å². The standard InChI is InChI=1S/C26H26N2O4/c1-26(2,3)32-25(29)28-17-20-7-9-21(10-8-20)18-30-23-5-4-6-24(15-23)31-22-13-11-19(16-27)12-14-22/h4-15H,17-18H2,1-3H3,(H,28,29). The molecule has 0 saturated heterocycles. The van der Waals surface area contributed by atoms with Crippen LogP contribution >= 0.6 is 0 Å². The fraction of sp³-hybridized carbons (Fsp3) is 0.231. The van der Waals surface area contributed by atoms with Crippen molar-refractivity contribution in [3.63, 3.8) is 0 Å². The maximum absolute atomic E-state index is 11.8. The third-order valence-corrected chi connectivity index (χ3v) is 4.29. The fourth-order valence-corrected chi connectivity index (χ4v) is 2.77. The fourth-order valence-electron chi connectivity index (χ4n) is 2.77. The van der Waals surface area contributed by atoms with Gasteiger partial charge in [-0.25, -0.2) is 4.79 Å². The van der Waals surface area contributed by atoms with Crippen LogP contribution in [0.3, 0.4) is 0 Å². The lowest BCUT2D eigenvalue weighted by atomic mass is 10.1. The molecule has 0 spiro atoms. The van der Waals surface area contributed by atoms with Crippen molar-refractivity contribution in [2.75, 3.05) is 0 Å². The van der Waals surface area contributed by atoms with E-state index >= 15 is 0 Å². The molecule has 0 aromatic heterocycles. The monoisotopic (exact) mass is 430 g/mol. The molecule has 3 aromatic rings. The minimum atomic E-state index is -0.518. The Labute approximate surface area is 188 Å². The lowest BCUT2D eigenvalue weighted by Gasteiger charge is -2.19. The number of amides is 1. The van der Waals surface area contributed by atoms with Gasteiger partial charge < -0.3 is 19.5 Å². The summed E-state index contributed by atoms with van der Waals surface area (Å²) in [5.74, 6) is 1.99. The molecule has 0 saturated carbocycles. The molecule has 0 radical (unpaired) electrons. The van der Waals surface area contributed by atoms with Crippen LogP contribution in [0, 0.1) is 11.3 Å². The smallest absolute Gasteiger partial charge is 0.407 e. The number of alkyl carbamates (subject to hydrolysis) is 1. The minimum absolute atomic E-state index is 0.394. The van der Waals surface area contributed by atoms with Gasteiger partial charge in [0, 0.05) is 12.6 Å². The summed E-state index contributed by atoms with van der Waals surface area (Å²) in [6.07, 6.45) is -0.437. The second-order valence-corrected chi connectivity index (χ2v) is 8.17. The molecular formula is C26H26N2O4. The molecule has 6 nitrogen and oxygen atoms in total. The number of rotatable bonds is 7. The lowest BCUT2D eigenvalue weighted by Crippen LogP contribution is -2.32. The first-order valence-electron chi connectivity index (χ1n) is 10.3. The van der Waals surface area contributed by atoms with Gasteiger partial charge in [-0.15, -0.1) is 0 Å². The highest BCUT2D eigenvalue weighted by Crippen LogP contribution is 2.26. The van der Waals surface area contributed by atoms with Gasteiger partial charge in [0.05, 0.1) is 11.6 Å². The Balaban J connectivity index is 1.50. The van der Waals surface area contributed by atoms with Gasteiger partial charge in [-0.3, -0.25) is 0 Å². The number of carbonyl (C=O) groups is 1. The molecule has 3 aromatic carbocycles. The number of nitrogens with zero attached hydrogens (tertiary/aromatic N) is 1. The van der Waals surface area contributed by atoms with E-state index in [-0.39, 0.29) is 0 Å². The highest BCUT2D eigenvalue weighted by molar-refractivity contribution is 5.67. The second kappa shape index (κ2) is 10.4. The van der Waals surface area contributed by atoms with Crippen LogP contribution in [-0.2, 0) is 17.9 Å². The summed E-state index contributed by atoms with van der Waals surface area (Å²) in [4.78, 5) is 11.8. The summed E-state index contributed by atoms with van der Waals surface area (Å²) in [5.41, 5.74) is 2.04. The number of nitrogens with one attached hydrogen (secondary N) is 1. The van der Waals surface area contributed by atoms with Gasteiger partial charge in [-0.05, 0) is 68.3 Å². The van der Waals surface area contributed by atoms with E-state index < -0.39 is 11.7 Å². The Kier molecular flexibility index (Phi) is 7.35. The molecule has 6 heteroatoms. The van der Waals surface area contributed by atoms with Crippen LogP contribution in [0.4, 0.5) is 4.79 Å². The molecule has 0 atom stereocenters. The first-order chi connectivity index (χ1) is 15.3. The summed E-state index contributed by atoms with van der Waals surface area (Å²) in [6, 6.07) is 24.2. The summed E-state index contributed by atoms with van der Waals surface area (Å²) in [5, 5.41) is 11.6. The van der Waals surface area contributed by atoms with Crippen molar-refractivity contribution < 1.29 is 19.0 Å². The van der Waals surface area contributed by atoms with Crippen LogP contribution < -0.4 is 14.8 Å². The number of carbonyl (C=O) groups excluding carboxylic acids is 1. The summed E-state index contributed by atoms with van der Waals surface area (Å²) >= 11 is 0. The molecule has 0 aliphatic carbocycles. The zero-order chi connectivity index (χ0) is 23.0. The maximum Gasteiger partial charge on any atom is 0.407 e. The van der Waals surface area contributed by atoms with E-state index in [4.69, 9.17) is 19.5 Å². The van der Waals surface area contributed by atoms with Gasteiger partial charge >= 0.3 is 6.09 Å². The number of hydrogen-bond acceptors (Lipinski definition) is 5.